The smallest absolute Gasteiger partial charge is 0.506 e. The molecule has 1 aromatic heterocycles. The van der Waals surface area contributed by atoms with Gasteiger partial charge in [0.1, 0.15) is 5.75 Å². The zero-order valence-corrected chi connectivity index (χ0v) is 9.52. The highest BCUT2D eigenvalue weighted by atomic mass is 79.9. The Labute approximate surface area is 100 Å². The predicted octanol–water partition coefficient (Wildman–Crippen LogP) is 3.52. The van der Waals surface area contributed by atoms with Crippen molar-refractivity contribution in [2.45, 2.75) is 18.1 Å². The van der Waals surface area contributed by atoms with Gasteiger partial charge in [-0.15, -0.1) is 13.2 Å². The quantitative estimate of drug-likeness (QED) is 0.684. The van der Waals surface area contributed by atoms with Gasteiger partial charge in [-0.1, -0.05) is 15.9 Å². The number of aromatic nitrogens is 1. The standard InChI is InChI=1S/C8H5BrF5NO2/c9-2-4-5(16)1-3(6(10)11)7(15-4)17-8(12,13)14/h1,6,16H,2H2. The van der Waals surface area contributed by atoms with Gasteiger partial charge in [0, 0.05) is 5.33 Å². The molecule has 0 radical (unpaired) electrons. The fraction of sp³-hybridized carbons (Fsp3) is 0.375. The van der Waals surface area contributed by atoms with Crippen LogP contribution in [0.3, 0.4) is 0 Å². The van der Waals surface area contributed by atoms with E-state index < -0.39 is 30.0 Å². The molecule has 3 nitrogen and oxygen atoms in total. The molecular formula is C8H5BrF5NO2. The number of aromatic hydroxyl groups is 1. The summed E-state index contributed by atoms with van der Waals surface area (Å²) in [5.74, 6) is -1.90. The fourth-order valence-corrected chi connectivity index (χ4v) is 1.40. The van der Waals surface area contributed by atoms with Crippen molar-refractivity contribution in [1.82, 2.24) is 4.98 Å². The molecule has 0 bridgehead atoms. The van der Waals surface area contributed by atoms with Crippen molar-refractivity contribution in [3.8, 4) is 11.6 Å². The minimum Gasteiger partial charge on any atom is -0.506 e. The molecule has 1 N–H and O–H groups in total. The third kappa shape index (κ3) is 3.69. The Morgan fingerprint density at radius 3 is 2.41 bits per heavy atom. The van der Waals surface area contributed by atoms with Crippen LogP contribution in [0, 0.1) is 0 Å². The molecular weight excluding hydrogens is 317 g/mol. The second-order valence-electron chi connectivity index (χ2n) is 2.83. The van der Waals surface area contributed by atoms with Gasteiger partial charge in [0.05, 0.1) is 11.3 Å². The first-order valence-electron chi connectivity index (χ1n) is 4.07. The van der Waals surface area contributed by atoms with Gasteiger partial charge in [-0.2, -0.15) is 0 Å². The molecule has 17 heavy (non-hydrogen) atoms. The topological polar surface area (TPSA) is 42.4 Å². The molecule has 0 aliphatic rings. The average Bonchev–Trinajstić information content (AvgIpc) is 2.17. The van der Waals surface area contributed by atoms with Gasteiger partial charge < -0.3 is 9.84 Å². The van der Waals surface area contributed by atoms with Gasteiger partial charge in [0.2, 0.25) is 5.88 Å². The zero-order chi connectivity index (χ0) is 13.2. The summed E-state index contributed by atoms with van der Waals surface area (Å²) in [6.45, 7) is 0. The van der Waals surface area contributed by atoms with Crippen LogP contribution >= 0.6 is 15.9 Å². The van der Waals surface area contributed by atoms with Gasteiger partial charge in [0.25, 0.3) is 6.43 Å². The van der Waals surface area contributed by atoms with E-state index in [-0.39, 0.29) is 11.0 Å². The van der Waals surface area contributed by atoms with Crippen LogP contribution in [0.2, 0.25) is 0 Å². The summed E-state index contributed by atoms with van der Waals surface area (Å²) in [6, 6.07) is 0.495. The molecule has 9 heteroatoms. The zero-order valence-electron chi connectivity index (χ0n) is 7.93. The maximum Gasteiger partial charge on any atom is 0.574 e. The minimum absolute atomic E-state index is 0.101. The molecule has 0 aliphatic carbocycles. The molecule has 0 aromatic carbocycles. The van der Waals surface area contributed by atoms with Crippen molar-refractivity contribution in [2.24, 2.45) is 0 Å². The SMILES string of the molecule is Oc1cc(C(F)F)c(OC(F)(F)F)nc1CBr. The first kappa shape index (κ1) is 13.9. The van der Waals surface area contributed by atoms with Crippen LogP contribution in [0.5, 0.6) is 11.6 Å². The molecule has 0 saturated heterocycles. The number of pyridine rings is 1. The van der Waals surface area contributed by atoms with Crippen LogP contribution in [0.1, 0.15) is 17.7 Å². The summed E-state index contributed by atoms with van der Waals surface area (Å²) in [7, 11) is 0. The molecule has 1 rings (SSSR count). The van der Waals surface area contributed by atoms with E-state index in [1.54, 1.807) is 0 Å². The predicted molar refractivity (Wildman–Crippen MR) is 50.2 cm³/mol. The third-order valence-electron chi connectivity index (χ3n) is 1.65. The highest BCUT2D eigenvalue weighted by Crippen LogP contribution is 2.35. The highest BCUT2D eigenvalue weighted by Gasteiger charge is 2.34. The van der Waals surface area contributed by atoms with E-state index in [0.29, 0.717) is 6.07 Å². The van der Waals surface area contributed by atoms with E-state index in [1.165, 1.54) is 0 Å². The van der Waals surface area contributed by atoms with Crippen molar-refractivity contribution in [3.63, 3.8) is 0 Å². The second-order valence-corrected chi connectivity index (χ2v) is 3.39. The van der Waals surface area contributed by atoms with E-state index in [4.69, 9.17) is 0 Å². The first-order valence-corrected chi connectivity index (χ1v) is 5.19. The Balaban J connectivity index is 3.24. The van der Waals surface area contributed by atoms with Crippen LogP contribution in [0.25, 0.3) is 0 Å². The lowest BCUT2D eigenvalue weighted by molar-refractivity contribution is -0.276. The van der Waals surface area contributed by atoms with Gasteiger partial charge in [-0.25, -0.2) is 13.8 Å². The van der Waals surface area contributed by atoms with Crippen molar-refractivity contribution in [2.75, 3.05) is 0 Å². The summed E-state index contributed by atoms with van der Waals surface area (Å²) in [5, 5.41) is 9.10. The van der Waals surface area contributed by atoms with E-state index >= 15 is 0 Å². The number of rotatable bonds is 3. The third-order valence-corrected chi connectivity index (χ3v) is 2.18. The van der Waals surface area contributed by atoms with Crippen LogP contribution < -0.4 is 4.74 Å². The van der Waals surface area contributed by atoms with Gasteiger partial charge >= 0.3 is 6.36 Å². The van der Waals surface area contributed by atoms with Crippen molar-refractivity contribution >= 4 is 15.9 Å². The minimum atomic E-state index is -5.13. The Morgan fingerprint density at radius 2 is 2.00 bits per heavy atom. The Kier molecular flexibility index (Phi) is 4.12. The van der Waals surface area contributed by atoms with Crippen LogP contribution in [-0.2, 0) is 5.33 Å². The van der Waals surface area contributed by atoms with Crippen LogP contribution in [-0.4, -0.2) is 16.5 Å². The molecule has 0 amide bonds. The Hall–Kier alpha value is -1.12. The molecule has 0 saturated carbocycles. The van der Waals surface area contributed by atoms with Gasteiger partial charge in [-0.3, -0.25) is 0 Å². The largest absolute Gasteiger partial charge is 0.574 e. The molecule has 0 fully saturated rings. The summed E-state index contributed by atoms with van der Waals surface area (Å²) in [5.41, 5.74) is -1.35. The molecule has 96 valence electrons. The summed E-state index contributed by atoms with van der Waals surface area (Å²) in [6.07, 6.45) is -8.37. The number of ether oxygens (including phenoxy) is 1. The average molecular weight is 322 g/mol. The number of hydrogen-bond donors (Lipinski definition) is 1. The monoisotopic (exact) mass is 321 g/mol. The van der Waals surface area contributed by atoms with Crippen LogP contribution in [0.15, 0.2) is 6.07 Å². The number of nitrogens with zero attached hydrogens (tertiary/aromatic N) is 1. The maximum atomic E-state index is 12.4. The molecule has 0 unspecified atom stereocenters. The summed E-state index contributed by atoms with van der Waals surface area (Å²) in [4.78, 5) is 3.18. The molecule has 1 heterocycles. The van der Waals surface area contributed by atoms with Crippen molar-refractivity contribution in [1.29, 1.82) is 0 Å². The lowest BCUT2D eigenvalue weighted by Gasteiger charge is -2.13. The van der Waals surface area contributed by atoms with Crippen molar-refractivity contribution < 1.29 is 31.8 Å². The molecule has 0 atom stereocenters. The van der Waals surface area contributed by atoms with E-state index in [0.717, 1.165) is 0 Å². The lowest BCUT2D eigenvalue weighted by atomic mass is 10.2. The highest BCUT2D eigenvalue weighted by molar-refractivity contribution is 9.08. The van der Waals surface area contributed by atoms with Gasteiger partial charge in [-0.05, 0) is 6.07 Å². The number of alkyl halides is 6. The Bertz CT molecular complexity index is 410. The normalized spacial score (nSPS) is 11.9. The van der Waals surface area contributed by atoms with Gasteiger partial charge in [0.15, 0.2) is 0 Å². The van der Waals surface area contributed by atoms with E-state index in [2.05, 4.69) is 25.7 Å². The first-order chi connectivity index (χ1) is 7.74. The summed E-state index contributed by atoms with van der Waals surface area (Å²) < 4.78 is 64.0. The summed E-state index contributed by atoms with van der Waals surface area (Å²) >= 11 is 2.84. The van der Waals surface area contributed by atoms with E-state index in [9.17, 15) is 27.1 Å². The Morgan fingerprint density at radius 1 is 1.41 bits per heavy atom. The van der Waals surface area contributed by atoms with Crippen LogP contribution in [0.4, 0.5) is 22.0 Å². The molecule has 0 spiro atoms. The lowest BCUT2D eigenvalue weighted by Crippen LogP contribution is -2.19. The second kappa shape index (κ2) is 5.03. The molecule has 1 aromatic rings. The fourth-order valence-electron chi connectivity index (χ4n) is 0.983. The maximum absolute atomic E-state index is 12.4. The number of halogens is 6. The van der Waals surface area contributed by atoms with E-state index in [1.807, 2.05) is 0 Å². The number of hydrogen-bond acceptors (Lipinski definition) is 3. The van der Waals surface area contributed by atoms with Crippen molar-refractivity contribution in [3.05, 3.63) is 17.3 Å². The molecule has 0 aliphatic heterocycles.